The largest absolute Gasteiger partial charge is 0.300 e. The molecule has 0 heterocycles. The fourth-order valence-electron chi connectivity index (χ4n) is 4.99. The molecule has 0 atom stereocenters. The molecule has 0 radical (unpaired) electrons. The van der Waals surface area contributed by atoms with Crippen molar-refractivity contribution in [2.45, 2.75) is 50.5 Å². The van der Waals surface area contributed by atoms with Gasteiger partial charge in [-0.3, -0.25) is 4.90 Å². The molecule has 4 aliphatic rings. The van der Waals surface area contributed by atoms with Crippen molar-refractivity contribution in [3.8, 4) is 6.07 Å². The van der Waals surface area contributed by atoms with Gasteiger partial charge in [-0.05, 0) is 63.3 Å². The van der Waals surface area contributed by atoms with Gasteiger partial charge in [0.15, 0.2) is 0 Å². The SMILES string of the molecule is CN(CCC#N)C12CC3CC(CC(C3)C1)C2. The van der Waals surface area contributed by atoms with Crippen molar-refractivity contribution in [1.82, 2.24) is 4.90 Å². The highest BCUT2D eigenvalue weighted by Gasteiger charge is 2.52. The minimum atomic E-state index is 0.492. The van der Waals surface area contributed by atoms with Gasteiger partial charge in [0.2, 0.25) is 0 Å². The summed E-state index contributed by atoms with van der Waals surface area (Å²) in [5.41, 5.74) is 0.492. The zero-order valence-electron chi connectivity index (χ0n) is 10.3. The first-order valence-electron chi connectivity index (χ1n) is 6.80. The highest BCUT2D eigenvalue weighted by Crippen LogP contribution is 2.57. The van der Waals surface area contributed by atoms with Crippen molar-refractivity contribution < 1.29 is 0 Å². The molecule has 4 fully saturated rings. The lowest BCUT2D eigenvalue weighted by Gasteiger charge is -2.60. The van der Waals surface area contributed by atoms with E-state index in [1.165, 1.54) is 38.5 Å². The Morgan fingerprint density at radius 1 is 1.12 bits per heavy atom. The van der Waals surface area contributed by atoms with E-state index in [-0.39, 0.29) is 0 Å². The summed E-state index contributed by atoms with van der Waals surface area (Å²) in [6.45, 7) is 0.975. The Labute approximate surface area is 98.6 Å². The van der Waals surface area contributed by atoms with Crippen molar-refractivity contribution in [1.29, 1.82) is 5.26 Å². The average molecular weight is 218 g/mol. The summed E-state index contributed by atoms with van der Waals surface area (Å²) in [7, 11) is 2.25. The molecule has 0 saturated heterocycles. The summed E-state index contributed by atoms with van der Waals surface area (Å²) in [6, 6.07) is 2.29. The van der Waals surface area contributed by atoms with Crippen molar-refractivity contribution in [2.75, 3.05) is 13.6 Å². The van der Waals surface area contributed by atoms with E-state index in [1.807, 2.05) is 0 Å². The maximum atomic E-state index is 8.72. The lowest BCUT2D eigenvalue weighted by molar-refractivity contribution is -0.0782. The van der Waals surface area contributed by atoms with E-state index in [0.29, 0.717) is 12.0 Å². The summed E-state index contributed by atoms with van der Waals surface area (Å²) >= 11 is 0. The zero-order valence-corrected chi connectivity index (χ0v) is 10.3. The Morgan fingerprint density at radius 3 is 2.06 bits per heavy atom. The highest BCUT2D eigenvalue weighted by atomic mass is 15.2. The minimum absolute atomic E-state index is 0.492. The van der Waals surface area contributed by atoms with Crippen molar-refractivity contribution in [2.24, 2.45) is 17.8 Å². The van der Waals surface area contributed by atoms with E-state index in [0.717, 1.165) is 24.3 Å². The molecular formula is C14H22N2. The van der Waals surface area contributed by atoms with Gasteiger partial charge in [-0.25, -0.2) is 0 Å². The van der Waals surface area contributed by atoms with Crippen LogP contribution in [-0.4, -0.2) is 24.0 Å². The second-order valence-electron chi connectivity index (χ2n) is 6.47. The van der Waals surface area contributed by atoms with Crippen LogP contribution < -0.4 is 0 Å². The Kier molecular flexibility index (Phi) is 2.47. The van der Waals surface area contributed by atoms with Gasteiger partial charge in [-0.1, -0.05) is 0 Å². The standard InChI is InChI=1S/C14H22N2/c1-16(4-2-3-15)14-8-11-5-12(9-14)7-13(6-11)10-14/h11-13H,2,4-10H2,1H3. The third-order valence-electron chi connectivity index (χ3n) is 5.37. The van der Waals surface area contributed by atoms with Crippen LogP contribution in [0.25, 0.3) is 0 Å². The molecule has 2 heteroatoms. The van der Waals surface area contributed by atoms with Crippen LogP contribution in [0.2, 0.25) is 0 Å². The van der Waals surface area contributed by atoms with E-state index in [4.69, 9.17) is 5.26 Å². The van der Waals surface area contributed by atoms with E-state index in [1.54, 1.807) is 0 Å². The molecular weight excluding hydrogens is 196 g/mol. The first-order chi connectivity index (χ1) is 7.72. The first kappa shape index (κ1) is 10.6. The lowest BCUT2D eigenvalue weighted by Crippen LogP contribution is -2.58. The molecule has 16 heavy (non-hydrogen) atoms. The predicted molar refractivity (Wildman–Crippen MR) is 63.8 cm³/mol. The molecule has 0 spiro atoms. The Balaban J connectivity index is 1.75. The van der Waals surface area contributed by atoms with Crippen molar-refractivity contribution in [3.05, 3.63) is 0 Å². The van der Waals surface area contributed by atoms with Gasteiger partial charge in [0, 0.05) is 18.5 Å². The van der Waals surface area contributed by atoms with Crippen LogP contribution in [0.15, 0.2) is 0 Å². The molecule has 0 aromatic rings. The molecule has 0 amide bonds. The van der Waals surface area contributed by atoms with Crippen LogP contribution in [0.5, 0.6) is 0 Å². The van der Waals surface area contributed by atoms with Crippen LogP contribution >= 0.6 is 0 Å². The number of nitriles is 1. The number of nitrogens with zero attached hydrogens (tertiary/aromatic N) is 2. The van der Waals surface area contributed by atoms with Gasteiger partial charge in [-0.15, -0.1) is 0 Å². The van der Waals surface area contributed by atoms with Gasteiger partial charge in [0.25, 0.3) is 0 Å². The van der Waals surface area contributed by atoms with Crippen LogP contribution in [-0.2, 0) is 0 Å². The predicted octanol–water partition coefficient (Wildman–Crippen LogP) is 2.80. The summed E-state index contributed by atoms with van der Waals surface area (Å²) in [6.07, 6.45) is 9.46. The Hall–Kier alpha value is -0.550. The fourth-order valence-corrected chi connectivity index (χ4v) is 4.99. The third kappa shape index (κ3) is 1.57. The summed E-state index contributed by atoms with van der Waals surface area (Å²) in [4.78, 5) is 2.53. The van der Waals surface area contributed by atoms with Crippen LogP contribution in [0, 0.1) is 29.1 Å². The van der Waals surface area contributed by atoms with Gasteiger partial charge < -0.3 is 0 Å². The van der Waals surface area contributed by atoms with Gasteiger partial charge in [0.05, 0.1) is 6.07 Å². The normalized spacial score (nSPS) is 44.9. The molecule has 4 bridgehead atoms. The van der Waals surface area contributed by atoms with Gasteiger partial charge in [0.1, 0.15) is 0 Å². The number of rotatable bonds is 3. The van der Waals surface area contributed by atoms with Crippen LogP contribution in [0.4, 0.5) is 0 Å². The maximum Gasteiger partial charge on any atom is 0.0635 e. The van der Waals surface area contributed by atoms with E-state index < -0.39 is 0 Å². The van der Waals surface area contributed by atoms with Gasteiger partial charge >= 0.3 is 0 Å². The molecule has 88 valence electrons. The molecule has 0 aliphatic heterocycles. The molecule has 2 nitrogen and oxygen atoms in total. The van der Waals surface area contributed by atoms with Crippen molar-refractivity contribution >= 4 is 0 Å². The van der Waals surface area contributed by atoms with Crippen LogP contribution in [0.1, 0.15) is 44.9 Å². The Morgan fingerprint density at radius 2 is 1.62 bits per heavy atom. The summed E-state index contributed by atoms with van der Waals surface area (Å²) in [5.74, 6) is 3.03. The maximum absolute atomic E-state index is 8.72. The first-order valence-corrected chi connectivity index (χ1v) is 6.80. The molecule has 0 aromatic heterocycles. The minimum Gasteiger partial charge on any atom is -0.300 e. The van der Waals surface area contributed by atoms with Crippen molar-refractivity contribution in [3.63, 3.8) is 0 Å². The summed E-state index contributed by atoms with van der Waals surface area (Å²) < 4.78 is 0. The zero-order chi connectivity index (χ0) is 11.2. The topological polar surface area (TPSA) is 27.0 Å². The van der Waals surface area contributed by atoms with Crippen LogP contribution in [0.3, 0.4) is 0 Å². The molecule has 4 saturated carbocycles. The molecule has 0 aromatic carbocycles. The molecule has 0 N–H and O–H groups in total. The van der Waals surface area contributed by atoms with E-state index >= 15 is 0 Å². The second kappa shape index (κ2) is 3.74. The quantitative estimate of drug-likeness (QED) is 0.728. The molecule has 4 aliphatic carbocycles. The molecule has 0 unspecified atom stereocenters. The molecule has 4 rings (SSSR count). The number of hydrogen-bond donors (Lipinski definition) is 0. The summed E-state index contributed by atoms with van der Waals surface area (Å²) in [5, 5.41) is 8.72. The monoisotopic (exact) mass is 218 g/mol. The van der Waals surface area contributed by atoms with Gasteiger partial charge in [-0.2, -0.15) is 5.26 Å². The lowest BCUT2D eigenvalue weighted by atomic mass is 9.52. The van der Waals surface area contributed by atoms with E-state index in [9.17, 15) is 0 Å². The third-order valence-corrected chi connectivity index (χ3v) is 5.37. The fraction of sp³-hybridized carbons (Fsp3) is 0.929. The van der Waals surface area contributed by atoms with E-state index in [2.05, 4.69) is 18.0 Å². The second-order valence-corrected chi connectivity index (χ2v) is 6.47. The smallest absolute Gasteiger partial charge is 0.0635 e. The Bertz CT molecular complexity index is 280. The highest BCUT2D eigenvalue weighted by molar-refractivity contribution is 5.07. The average Bonchev–Trinajstić information content (AvgIpc) is 2.24. The number of hydrogen-bond acceptors (Lipinski definition) is 2.